The van der Waals surface area contributed by atoms with E-state index >= 15 is 0 Å². The molecule has 106 valence electrons. The van der Waals surface area contributed by atoms with E-state index in [9.17, 15) is 0 Å². The van der Waals surface area contributed by atoms with Crippen LogP contribution in [0.5, 0.6) is 0 Å². The third-order valence-electron chi connectivity index (χ3n) is 3.82. The molecule has 0 aromatic heterocycles. The van der Waals surface area contributed by atoms with Crippen LogP contribution in [0.2, 0.25) is 0 Å². The molecule has 0 bridgehead atoms. The van der Waals surface area contributed by atoms with Gasteiger partial charge in [0.1, 0.15) is 0 Å². The van der Waals surface area contributed by atoms with Gasteiger partial charge >= 0.3 is 0 Å². The zero-order chi connectivity index (χ0) is 13.7. The molecule has 1 atom stereocenters. The number of hydrogen-bond donors (Lipinski definition) is 1. The third-order valence-corrected chi connectivity index (χ3v) is 3.82. The van der Waals surface area contributed by atoms with E-state index in [0.717, 1.165) is 13.1 Å². The molecule has 0 aliphatic carbocycles. The van der Waals surface area contributed by atoms with Crippen molar-refractivity contribution in [2.24, 2.45) is 0 Å². The summed E-state index contributed by atoms with van der Waals surface area (Å²) in [5.74, 6) is 0.643. The molecule has 1 aromatic carbocycles. The fraction of sp³-hybridized carbons (Fsp3) is 0.625. The summed E-state index contributed by atoms with van der Waals surface area (Å²) >= 11 is 0. The monoisotopic (exact) mass is 261 g/mol. The van der Waals surface area contributed by atoms with Crippen LogP contribution in [0.1, 0.15) is 24.8 Å². The van der Waals surface area contributed by atoms with Gasteiger partial charge in [-0.25, -0.2) is 0 Å². The maximum atomic E-state index is 3.53. The van der Waals surface area contributed by atoms with E-state index in [-0.39, 0.29) is 0 Å². The zero-order valence-electron chi connectivity index (χ0n) is 12.5. The highest BCUT2D eigenvalue weighted by Crippen LogP contribution is 2.31. The van der Waals surface area contributed by atoms with Crippen LogP contribution in [0.4, 0.5) is 5.69 Å². The fourth-order valence-electron chi connectivity index (χ4n) is 2.78. The first-order valence-corrected chi connectivity index (χ1v) is 7.40. The molecule has 0 saturated carbocycles. The first-order valence-electron chi connectivity index (χ1n) is 7.40. The fourth-order valence-corrected chi connectivity index (χ4v) is 2.78. The largest absolute Gasteiger partial charge is 0.384 e. The van der Waals surface area contributed by atoms with Crippen molar-refractivity contribution in [2.45, 2.75) is 19.3 Å². The summed E-state index contributed by atoms with van der Waals surface area (Å²) in [6.45, 7) is 8.03. The molecule has 1 aliphatic rings. The van der Waals surface area contributed by atoms with Crippen molar-refractivity contribution >= 4 is 5.69 Å². The summed E-state index contributed by atoms with van der Waals surface area (Å²) in [6.07, 6.45) is 1.23. The number of para-hydroxylation sites is 1. The van der Waals surface area contributed by atoms with Gasteiger partial charge < -0.3 is 15.1 Å². The highest BCUT2D eigenvalue weighted by Gasteiger charge is 2.23. The summed E-state index contributed by atoms with van der Waals surface area (Å²) in [5.41, 5.74) is 2.82. The predicted molar refractivity (Wildman–Crippen MR) is 83.0 cm³/mol. The minimum Gasteiger partial charge on any atom is -0.384 e. The van der Waals surface area contributed by atoms with Crippen LogP contribution in [-0.4, -0.2) is 56.6 Å². The van der Waals surface area contributed by atoms with E-state index in [1.54, 1.807) is 0 Å². The lowest BCUT2D eigenvalue weighted by Gasteiger charge is -2.26. The first kappa shape index (κ1) is 14.4. The van der Waals surface area contributed by atoms with Gasteiger partial charge in [-0.15, -0.1) is 0 Å². The molecule has 3 heteroatoms. The summed E-state index contributed by atoms with van der Waals surface area (Å²) in [4.78, 5) is 4.87. The Labute approximate surface area is 117 Å². The van der Waals surface area contributed by atoms with Gasteiger partial charge in [0.2, 0.25) is 0 Å². The normalized spacial score (nSPS) is 17.8. The maximum Gasteiger partial charge on any atom is 0.0376 e. The van der Waals surface area contributed by atoms with Gasteiger partial charge in [0, 0.05) is 37.8 Å². The van der Waals surface area contributed by atoms with Crippen molar-refractivity contribution in [2.75, 3.05) is 52.1 Å². The molecule has 2 rings (SSSR count). The SMILES string of the molecule is CCCN(CCN(C)C)CC1CNc2ccccc21. The lowest BCUT2D eigenvalue weighted by Crippen LogP contribution is -2.35. The highest BCUT2D eigenvalue weighted by atomic mass is 15.2. The molecule has 19 heavy (non-hydrogen) atoms. The molecule has 0 spiro atoms. The van der Waals surface area contributed by atoms with Crippen molar-refractivity contribution in [3.63, 3.8) is 0 Å². The Hall–Kier alpha value is -1.06. The van der Waals surface area contributed by atoms with Gasteiger partial charge in [0.25, 0.3) is 0 Å². The van der Waals surface area contributed by atoms with Gasteiger partial charge in [0.05, 0.1) is 0 Å². The summed E-state index contributed by atoms with van der Waals surface area (Å²) < 4.78 is 0. The zero-order valence-corrected chi connectivity index (χ0v) is 12.5. The minimum atomic E-state index is 0.643. The third kappa shape index (κ3) is 3.95. The van der Waals surface area contributed by atoms with Crippen LogP contribution < -0.4 is 5.32 Å². The molecule has 0 saturated heterocycles. The lowest BCUT2D eigenvalue weighted by molar-refractivity contribution is 0.231. The van der Waals surface area contributed by atoms with Crippen molar-refractivity contribution < 1.29 is 0 Å². The molecule has 0 radical (unpaired) electrons. The molecular weight excluding hydrogens is 234 g/mol. The minimum absolute atomic E-state index is 0.643. The second-order valence-electron chi connectivity index (χ2n) is 5.77. The number of anilines is 1. The van der Waals surface area contributed by atoms with E-state index in [0.29, 0.717) is 5.92 Å². The van der Waals surface area contributed by atoms with Crippen molar-refractivity contribution in [1.82, 2.24) is 9.80 Å². The first-order chi connectivity index (χ1) is 9.20. The Morgan fingerprint density at radius 1 is 1.16 bits per heavy atom. The molecule has 0 fully saturated rings. The Bertz CT molecular complexity index is 389. The average Bonchev–Trinajstić information content (AvgIpc) is 2.80. The van der Waals surface area contributed by atoms with Crippen LogP contribution in [-0.2, 0) is 0 Å². The number of nitrogens with one attached hydrogen (secondary N) is 1. The quantitative estimate of drug-likeness (QED) is 0.813. The van der Waals surface area contributed by atoms with E-state index in [2.05, 4.69) is 60.4 Å². The van der Waals surface area contributed by atoms with Gasteiger partial charge in [-0.1, -0.05) is 25.1 Å². The van der Waals surface area contributed by atoms with E-state index < -0.39 is 0 Å². The lowest BCUT2D eigenvalue weighted by atomic mass is 10.0. The number of hydrogen-bond acceptors (Lipinski definition) is 3. The topological polar surface area (TPSA) is 18.5 Å². The predicted octanol–water partition coefficient (Wildman–Crippen LogP) is 2.47. The average molecular weight is 261 g/mol. The van der Waals surface area contributed by atoms with Gasteiger partial charge in [-0.2, -0.15) is 0 Å². The number of benzene rings is 1. The molecule has 1 N–H and O–H groups in total. The molecule has 1 aliphatic heterocycles. The van der Waals surface area contributed by atoms with Crippen molar-refractivity contribution in [1.29, 1.82) is 0 Å². The maximum absolute atomic E-state index is 3.53. The Morgan fingerprint density at radius 3 is 2.68 bits per heavy atom. The summed E-state index contributed by atoms with van der Waals surface area (Å²) in [7, 11) is 4.30. The molecule has 3 nitrogen and oxygen atoms in total. The number of nitrogens with zero attached hydrogens (tertiary/aromatic N) is 2. The molecular formula is C16H27N3. The Kier molecular flexibility index (Phi) is 5.23. The van der Waals surface area contributed by atoms with Crippen LogP contribution in [0, 0.1) is 0 Å². The Morgan fingerprint density at radius 2 is 1.95 bits per heavy atom. The smallest absolute Gasteiger partial charge is 0.0376 e. The van der Waals surface area contributed by atoms with Crippen LogP contribution >= 0.6 is 0 Å². The van der Waals surface area contributed by atoms with E-state index in [4.69, 9.17) is 0 Å². The van der Waals surface area contributed by atoms with Crippen molar-refractivity contribution in [3.8, 4) is 0 Å². The second-order valence-corrected chi connectivity index (χ2v) is 5.77. The van der Waals surface area contributed by atoms with Crippen LogP contribution in [0.25, 0.3) is 0 Å². The summed E-state index contributed by atoms with van der Waals surface area (Å²) in [5, 5.41) is 3.53. The van der Waals surface area contributed by atoms with E-state index in [1.165, 1.54) is 37.3 Å². The van der Waals surface area contributed by atoms with Gasteiger partial charge in [0.15, 0.2) is 0 Å². The number of rotatable bonds is 7. The van der Waals surface area contributed by atoms with Gasteiger partial charge in [-0.3, -0.25) is 0 Å². The molecule has 1 unspecified atom stereocenters. The highest BCUT2D eigenvalue weighted by molar-refractivity contribution is 5.57. The van der Waals surface area contributed by atoms with Crippen LogP contribution in [0.3, 0.4) is 0 Å². The molecule has 0 amide bonds. The summed E-state index contributed by atoms with van der Waals surface area (Å²) in [6, 6.07) is 8.74. The van der Waals surface area contributed by atoms with Gasteiger partial charge in [-0.05, 0) is 38.7 Å². The number of likely N-dealkylation sites (N-methyl/N-ethyl adjacent to an activating group) is 1. The van der Waals surface area contributed by atoms with Crippen molar-refractivity contribution in [3.05, 3.63) is 29.8 Å². The molecule has 1 aromatic rings. The standard InChI is InChI=1S/C16H27N3/c1-4-9-19(11-10-18(2)3)13-14-12-17-16-8-6-5-7-15(14)16/h5-8,14,17H,4,9-13H2,1-3H3. The second kappa shape index (κ2) is 6.92. The Balaban J connectivity index is 1.94. The molecule has 1 heterocycles. The van der Waals surface area contributed by atoms with E-state index in [1.807, 2.05) is 0 Å². The number of fused-ring (bicyclic) bond motifs is 1. The van der Waals surface area contributed by atoms with Crippen LogP contribution in [0.15, 0.2) is 24.3 Å².